The monoisotopic (exact) mass is 389 g/mol. The number of carbonyl (C=O) groups excluding carboxylic acids is 2. The average Bonchev–Trinajstić information content (AvgIpc) is 2.74. The Kier molecular flexibility index (Phi) is 6.58. The van der Waals surface area contributed by atoms with Crippen LogP contribution >= 0.6 is 0 Å². The molecule has 0 fully saturated rings. The third-order valence-corrected chi connectivity index (χ3v) is 4.42. The summed E-state index contributed by atoms with van der Waals surface area (Å²) in [6.45, 7) is 1.95. The van der Waals surface area contributed by atoms with E-state index in [1.807, 2.05) is 43.3 Å². The summed E-state index contributed by atoms with van der Waals surface area (Å²) in [7, 11) is 1.60. The number of fused-ring (bicyclic) bond motifs is 1. The molecule has 0 aromatic heterocycles. The number of hydrogen-bond acceptors (Lipinski definition) is 4. The van der Waals surface area contributed by atoms with Crippen molar-refractivity contribution in [1.82, 2.24) is 5.43 Å². The number of carbonyl (C=O) groups is 2. The van der Waals surface area contributed by atoms with Crippen molar-refractivity contribution < 1.29 is 14.3 Å². The van der Waals surface area contributed by atoms with Crippen molar-refractivity contribution >= 4 is 34.5 Å². The number of nitrogens with one attached hydrogen (secondary N) is 2. The van der Waals surface area contributed by atoms with Gasteiger partial charge in [-0.25, -0.2) is 5.43 Å². The van der Waals surface area contributed by atoms with Crippen LogP contribution in [-0.2, 0) is 4.79 Å². The summed E-state index contributed by atoms with van der Waals surface area (Å²) in [4.78, 5) is 24.0. The van der Waals surface area contributed by atoms with E-state index in [-0.39, 0.29) is 11.8 Å². The Hall–Kier alpha value is -3.67. The molecule has 3 aromatic carbocycles. The number of nitrogens with zero attached hydrogens (tertiary/aromatic N) is 1. The molecule has 2 amide bonds. The summed E-state index contributed by atoms with van der Waals surface area (Å²) >= 11 is 0. The second-order valence-electron chi connectivity index (χ2n) is 6.48. The molecule has 0 atom stereocenters. The molecule has 3 rings (SSSR count). The van der Waals surface area contributed by atoms with Gasteiger partial charge in [-0.15, -0.1) is 0 Å². The Balaban J connectivity index is 1.70. The van der Waals surface area contributed by atoms with Crippen LogP contribution in [0.1, 0.15) is 35.7 Å². The molecule has 0 saturated heterocycles. The van der Waals surface area contributed by atoms with E-state index in [0.29, 0.717) is 23.4 Å². The van der Waals surface area contributed by atoms with E-state index >= 15 is 0 Å². The highest BCUT2D eigenvalue weighted by molar-refractivity contribution is 6.03. The Morgan fingerprint density at radius 2 is 1.79 bits per heavy atom. The van der Waals surface area contributed by atoms with Crippen molar-refractivity contribution in [2.24, 2.45) is 5.10 Å². The topological polar surface area (TPSA) is 79.8 Å². The van der Waals surface area contributed by atoms with Gasteiger partial charge in [0.25, 0.3) is 5.91 Å². The quantitative estimate of drug-likeness (QED) is 0.466. The van der Waals surface area contributed by atoms with Gasteiger partial charge in [-0.05, 0) is 47.5 Å². The molecular weight excluding hydrogens is 366 g/mol. The summed E-state index contributed by atoms with van der Waals surface area (Å²) in [6.07, 6.45) is 2.83. The number of methoxy groups -OCH3 is 1. The van der Waals surface area contributed by atoms with E-state index in [9.17, 15) is 9.59 Å². The van der Waals surface area contributed by atoms with Crippen LogP contribution in [0.3, 0.4) is 0 Å². The molecule has 0 spiro atoms. The molecule has 0 radical (unpaired) electrons. The van der Waals surface area contributed by atoms with Crippen LogP contribution in [-0.4, -0.2) is 25.1 Å². The first-order valence-corrected chi connectivity index (χ1v) is 9.41. The number of rotatable bonds is 7. The zero-order chi connectivity index (χ0) is 20.6. The Labute approximate surface area is 169 Å². The fourth-order valence-corrected chi connectivity index (χ4v) is 2.96. The van der Waals surface area contributed by atoms with E-state index in [0.717, 1.165) is 22.8 Å². The van der Waals surface area contributed by atoms with Gasteiger partial charge >= 0.3 is 0 Å². The van der Waals surface area contributed by atoms with Crippen LogP contribution in [0.2, 0.25) is 0 Å². The summed E-state index contributed by atoms with van der Waals surface area (Å²) in [5.41, 5.74) is 4.42. The zero-order valence-corrected chi connectivity index (χ0v) is 16.4. The molecule has 0 saturated carbocycles. The molecule has 0 bridgehead atoms. The summed E-state index contributed by atoms with van der Waals surface area (Å²) in [5.74, 6) is 0.291. The van der Waals surface area contributed by atoms with Gasteiger partial charge in [-0.2, -0.15) is 5.10 Å². The average molecular weight is 389 g/mol. The molecular formula is C23H23N3O3. The third kappa shape index (κ3) is 4.99. The Morgan fingerprint density at radius 3 is 2.52 bits per heavy atom. The lowest BCUT2D eigenvalue weighted by atomic mass is 10.0. The van der Waals surface area contributed by atoms with Gasteiger partial charge in [0.1, 0.15) is 5.75 Å². The SMILES string of the molecule is CCCC(=O)Nc1ccc(C(=O)N/N=C/c2c(OC)ccc3ccccc23)cc1. The highest BCUT2D eigenvalue weighted by Crippen LogP contribution is 2.26. The molecule has 0 aliphatic heterocycles. The van der Waals surface area contributed by atoms with E-state index in [4.69, 9.17) is 4.74 Å². The zero-order valence-electron chi connectivity index (χ0n) is 16.4. The molecule has 0 unspecified atom stereocenters. The van der Waals surface area contributed by atoms with Gasteiger partial charge in [-0.1, -0.05) is 37.3 Å². The lowest BCUT2D eigenvalue weighted by molar-refractivity contribution is -0.116. The van der Waals surface area contributed by atoms with Gasteiger partial charge in [0.15, 0.2) is 0 Å². The predicted octanol–water partition coefficient (Wildman–Crippen LogP) is 4.35. The van der Waals surface area contributed by atoms with Gasteiger partial charge in [0, 0.05) is 23.2 Å². The largest absolute Gasteiger partial charge is 0.496 e. The standard InChI is InChI=1S/C23H23N3O3/c1-3-6-22(27)25-18-12-9-17(10-13-18)23(28)26-24-15-20-19-8-5-4-7-16(19)11-14-21(20)29-2/h4-5,7-15H,3,6H2,1-2H3,(H,25,27)(H,26,28)/b24-15+. The smallest absolute Gasteiger partial charge is 0.271 e. The lowest BCUT2D eigenvalue weighted by Crippen LogP contribution is -2.18. The maximum atomic E-state index is 12.3. The first-order chi connectivity index (χ1) is 14.1. The molecule has 3 aromatic rings. The Morgan fingerprint density at radius 1 is 1.03 bits per heavy atom. The van der Waals surface area contributed by atoms with Crippen LogP contribution in [0.25, 0.3) is 10.8 Å². The summed E-state index contributed by atoms with van der Waals surface area (Å²) in [5, 5.41) is 8.93. The highest BCUT2D eigenvalue weighted by Gasteiger charge is 2.08. The number of hydrogen-bond donors (Lipinski definition) is 2. The minimum absolute atomic E-state index is 0.0432. The second kappa shape index (κ2) is 9.50. The Bertz CT molecular complexity index is 1040. The molecule has 29 heavy (non-hydrogen) atoms. The highest BCUT2D eigenvalue weighted by atomic mass is 16.5. The minimum atomic E-state index is -0.341. The first-order valence-electron chi connectivity index (χ1n) is 9.41. The van der Waals surface area contributed by atoms with Crippen LogP contribution in [0.5, 0.6) is 5.75 Å². The number of hydrazone groups is 1. The molecule has 148 valence electrons. The number of benzene rings is 3. The van der Waals surface area contributed by atoms with Gasteiger partial charge in [0.2, 0.25) is 5.91 Å². The maximum absolute atomic E-state index is 12.3. The molecule has 0 heterocycles. The molecule has 6 nitrogen and oxygen atoms in total. The van der Waals surface area contributed by atoms with Gasteiger partial charge in [-0.3, -0.25) is 9.59 Å². The molecule has 0 aliphatic rings. The van der Waals surface area contributed by atoms with E-state index in [1.165, 1.54) is 0 Å². The van der Waals surface area contributed by atoms with Crippen molar-refractivity contribution in [3.63, 3.8) is 0 Å². The second-order valence-corrected chi connectivity index (χ2v) is 6.48. The summed E-state index contributed by atoms with van der Waals surface area (Å²) < 4.78 is 5.42. The molecule has 6 heteroatoms. The van der Waals surface area contributed by atoms with Crippen LogP contribution in [0, 0.1) is 0 Å². The van der Waals surface area contributed by atoms with Crippen molar-refractivity contribution in [1.29, 1.82) is 0 Å². The summed E-state index contributed by atoms with van der Waals surface area (Å²) in [6, 6.07) is 18.4. The van der Waals surface area contributed by atoms with Crippen molar-refractivity contribution in [2.75, 3.05) is 12.4 Å². The van der Waals surface area contributed by atoms with Crippen molar-refractivity contribution in [3.8, 4) is 5.75 Å². The van der Waals surface area contributed by atoms with E-state index in [2.05, 4.69) is 15.8 Å². The van der Waals surface area contributed by atoms with Crippen LogP contribution in [0.4, 0.5) is 5.69 Å². The van der Waals surface area contributed by atoms with Crippen molar-refractivity contribution in [2.45, 2.75) is 19.8 Å². The predicted molar refractivity (Wildman–Crippen MR) is 116 cm³/mol. The fourth-order valence-electron chi connectivity index (χ4n) is 2.96. The third-order valence-electron chi connectivity index (χ3n) is 4.42. The van der Waals surface area contributed by atoms with E-state index < -0.39 is 0 Å². The van der Waals surface area contributed by atoms with Crippen molar-refractivity contribution in [3.05, 3.63) is 71.8 Å². The maximum Gasteiger partial charge on any atom is 0.271 e. The van der Waals surface area contributed by atoms with Crippen LogP contribution < -0.4 is 15.5 Å². The van der Waals surface area contributed by atoms with Crippen LogP contribution in [0.15, 0.2) is 65.8 Å². The number of anilines is 1. The number of amides is 2. The lowest BCUT2D eigenvalue weighted by Gasteiger charge is -2.08. The molecule has 2 N–H and O–H groups in total. The van der Waals surface area contributed by atoms with Gasteiger partial charge < -0.3 is 10.1 Å². The number of ether oxygens (including phenoxy) is 1. The molecule has 0 aliphatic carbocycles. The van der Waals surface area contributed by atoms with E-state index in [1.54, 1.807) is 37.6 Å². The fraction of sp³-hybridized carbons (Fsp3) is 0.174. The normalized spacial score (nSPS) is 10.8. The minimum Gasteiger partial charge on any atom is -0.496 e. The first kappa shape index (κ1) is 20.1. The van der Waals surface area contributed by atoms with Gasteiger partial charge in [0.05, 0.1) is 13.3 Å².